The van der Waals surface area contributed by atoms with Gasteiger partial charge in [-0.1, -0.05) is 49.4 Å². The molecule has 1 amide bonds. The van der Waals surface area contributed by atoms with Crippen LogP contribution in [0.3, 0.4) is 0 Å². The van der Waals surface area contributed by atoms with Crippen LogP contribution in [0.1, 0.15) is 29.4 Å². The standard InChI is InChI=1S/C23H25N3O2/c1-23(11-12-26(16-23)14-17-7-3-2-4-8-17)15-24-22(28)20-13-21(27)18-9-5-6-10-19(18)25-20/h2-10,13H,11-12,14-16H2,1H3,(H,24,28)(H,25,27). The summed E-state index contributed by atoms with van der Waals surface area (Å²) in [7, 11) is 0. The van der Waals surface area contributed by atoms with E-state index in [-0.39, 0.29) is 16.8 Å². The second kappa shape index (κ2) is 7.60. The highest BCUT2D eigenvalue weighted by molar-refractivity contribution is 5.94. The van der Waals surface area contributed by atoms with Crippen LogP contribution in [0.15, 0.2) is 65.5 Å². The Morgan fingerprint density at radius 1 is 1.14 bits per heavy atom. The number of benzene rings is 2. The summed E-state index contributed by atoms with van der Waals surface area (Å²) in [5, 5.41) is 3.62. The lowest BCUT2D eigenvalue weighted by Crippen LogP contribution is -2.38. The molecule has 2 heterocycles. The number of aromatic amines is 1. The zero-order valence-corrected chi connectivity index (χ0v) is 16.1. The second-order valence-corrected chi connectivity index (χ2v) is 8.03. The first-order valence-corrected chi connectivity index (χ1v) is 9.69. The minimum absolute atomic E-state index is 0.0293. The highest BCUT2D eigenvalue weighted by Crippen LogP contribution is 2.30. The number of fused-ring (bicyclic) bond motifs is 1. The maximum Gasteiger partial charge on any atom is 0.267 e. The number of carbonyl (C=O) groups is 1. The number of hydrogen-bond donors (Lipinski definition) is 2. The molecule has 1 fully saturated rings. The molecule has 0 aliphatic carbocycles. The van der Waals surface area contributed by atoms with E-state index in [9.17, 15) is 9.59 Å². The van der Waals surface area contributed by atoms with Gasteiger partial charge in [0.2, 0.25) is 0 Å². The number of pyridine rings is 1. The molecule has 5 nitrogen and oxygen atoms in total. The maximum absolute atomic E-state index is 12.6. The Morgan fingerprint density at radius 2 is 1.89 bits per heavy atom. The number of nitrogens with one attached hydrogen (secondary N) is 2. The minimum atomic E-state index is -0.231. The van der Waals surface area contributed by atoms with E-state index < -0.39 is 0 Å². The molecular formula is C23H25N3O2. The van der Waals surface area contributed by atoms with Crippen molar-refractivity contribution in [3.05, 3.63) is 82.1 Å². The first-order valence-electron chi connectivity index (χ1n) is 9.69. The fourth-order valence-electron chi connectivity index (χ4n) is 3.96. The number of nitrogens with zero attached hydrogens (tertiary/aromatic N) is 1. The summed E-state index contributed by atoms with van der Waals surface area (Å²) in [5.41, 5.74) is 2.19. The topological polar surface area (TPSA) is 65.2 Å². The van der Waals surface area contributed by atoms with Crippen LogP contribution in [-0.2, 0) is 6.54 Å². The van der Waals surface area contributed by atoms with Crippen LogP contribution in [0.4, 0.5) is 0 Å². The summed E-state index contributed by atoms with van der Waals surface area (Å²) < 4.78 is 0. The lowest BCUT2D eigenvalue weighted by Gasteiger charge is -2.25. The number of hydrogen-bond acceptors (Lipinski definition) is 3. The molecule has 5 heteroatoms. The van der Waals surface area contributed by atoms with E-state index in [1.165, 1.54) is 11.6 Å². The summed E-state index contributed by atoms with van der Waals surface area (Å²) in [6.45, 7) is 5.69. The Balaban J connectivity index is 1.39. The van der Waals surface area contributed by atoms with Gasteiger partial charge in [-0.2, -0.15) is 0 Å². The molecule has 3 aromatic rings. The molecule has 0 radical (unpaired) electrons. The predicted octanol–water partition coefficient (Wildman–Crippen LogP) is 3.17. The van der Waals surface area contributed by atoms with Crippen LogP contribution >= 0.6 is 0 Å². The van der Waals surface area contributed by atoms with E-state index in [0.717, 1.165) is 26.1 Å². The predicted molar refractivity (Wildman–Crippen MR) is 111 cm³/mol. The third kappa shape index (κ3) is 3.99. The first-order chi connectivity index (χ1) is 13.5. The number of rotatable bonds is 5. The molecule has 1 atom stereocenters. The van der Waals surface area contributed by atoms with Crippen molar-refractivity contribution in [2.75, 3.05) is 19.6 Å². The number of amides is 1. The Hall–Kier alpha value is -2.92. The molecule has 0 spiro atoms. The van der Waals surface area contributed by atoms with Crippen molar-refractivity contribution in [1.29, 1.82) is 0 Å². The number of likely N-dealkylation sites (tertiary alicyclic amines) is 1. The first kappa shape index (κ1) is 18.4. The minimum Gasteiger partial charge on any atom is -0.350 e. The highest BCUT2D eigenvalue weighted by Gasteiger charge is 2.34. The van der Waals surface area contributed by atoms with Gasteiger partial charge in [-0.05, 0) is 36.1 Å². The van der Waals surface area contributed by atoms with Crippen molar-refractivity contribution in [3.63, 3.8) is 0 Å². The van der Waals surface area contributed by atoms with Crippen molar-refractivity contribution in [2.24, 2.45) is 5.41 Å². The summed E-state index contributed by atoms with van der Waals surface area (Å²) in [6, 6.07) is 19.1. The zero-order chi connectivity index (χ0) is 19.6. The molecule has 2 N–H and O–H groups in total. The zero-order valence-electron chi connectivity index (χ0n) is 16.1. The quantitative estimate of drug-likeness (QED) is 0.720. The van der Waals surface area contributed by atoms with Gasteiger partial charge in [0, 0.05) is 36.6 Å². The van der Waals surface area contributed by atoms with Gasteiger partial charge in [-0.25, -0.2) is 0 Å². The third-order valence-corrected chi connectivity index (χ3v) is 5.54. The van der Waals surface area contributed by atoms with Crippen LogP contribution in [-0.4, -0.2) is 35.4 Å². The Bertz CT molecular complexity index is 1040. The summed E-state index contributed by atoms with van der Waals surface area (Å²) in [4.78, 5) is 30.4. The molecular weight excluding hydrogens is 350 g/mol. The van der Waals surface area contributed by atoms with Crippen molar-refractivity contribution in [2.45, 2.75) is 19.9 Å². The molecule has 1 unspecified atom stereocenters. The number of carbonyl (C=O) groups excluding carboxylic acids is 1. The largest absolute Gasteiger partial charge is 0.350 e. The number of para-hydroxylation sites is 1. The van der Waals surface area contributed by atoms with E-state index in [4.69, 9.17) is 0 Å². The monoisotopic (exact) mass is 375 g/mol. The van der Waals surface area contributed by atoms with Crippen molar-refractivity contribution >= 4 is 16.8 Å². The van der Waals surface area contributed by atoms with Gasteiger partial charge < -0.3 is 10.3 Å². The van der Waals surface area contributed by atoms with Gasteiger partial charge in [0.05, 0.1) is 0 Å². The lowest BCUT2D eigenvalue weighted by molar-refractivity contribution is 0.0929. The van der Waals surface area contributed by atoms with Gasteiger partial charge in [0.25, 0.3) is 5.91 Å². The van der Waals surface area contributed by atoms with Gasteiger partial charge in [0.15, 0.2) is 5.43 Å². The van der Waals surface area contributed by atoms with E-state index in [0.29, 0.717) is 23.1 Å². The SMILES string of the molecule is CC1(CNC(=O)c2cc(=O)c3ccccc3[nH]2)CCN(Cc2ccccc2)C1. The van der Waals surface area contributed by atoms with Crippen molar-refractivity contribution in [3.8, 4) is 0 Å². The average Bonchev–Trinajstić information content (AvgIpc) is 3.08. The van der Waals surface area contributed by atoms with E-state index in [2.05, 4.69) is 46.4 Å². The van der Waals surface area contributed by atoms with Crippen LogP contribution < -0.4 is 10.7 Å². The van der Waals surface area contributed by atoms with E-state index in [1.807, 2.05) is 24.3 Å². The molecule has 1 aromatic heterocycles. The third-order valence-electron chi connectivity index (χ3n) is 5.54. The number of aromatic nitrogens is 1. The molecule has 1 saturated heterocycles. The Labute approximate surface area is 164 Å². The molecule has 0 saturated carbocycles. The van der Waals surface area contributed by atoms with Crippen molar-refractivity contribution < 1.29 is 4.79 Å². The van der Waals surface area contributed by atoms with Gasteiger partial charge in [0.1, 0.15) is 5.69 Å². The second-order valence-electron chi connectivity index (χ2n) is 8.03. The maximum atomic E-state index is 12.6. The fourth-order valence-corrected chi connectivity index (χ4v) is 3.96. The van der Waals surface area contributed by atoms with Crippen LogP contribution in [0.25, 0.3) is 10.9 Å². The number of H-pyrrole nitrogens is 1. The van der Waals surface area contributed by atoms with Crippen LogP contribution in [0, 0.1) is 5.41 Å². The van der Waals surface area contributed by atoms with Crippen molar-refractivity contribution in [1.82, 2.24) is 15.2 Å². The van der Waals surface area contributed by atoms with Crippen LogP contribution in [0.2, 0.25) is 0 Å². The smallest absolute Gasteiger partial charge is 0.267 e. The lowest BCUT2D eigenvalue weighted by atomic mass is 9.90. The van der Waals surface area contributed by atoms with E-state index in [1.54, 1.807) is 6.07 Å². The summed E-state index contributed by atoms with van der Waals surface area (Å²) >= 11 is 0. The molecule has 28 heavy (non-hydrogen) atoms. The fraction of sp³-hybridized carbons (Fsp3) is 0.304. The molecule has 4 rings (SSSR count). The average molecular weight is 375 g/mol. The molecule has 0 bridgehead atoms. The molecule has 1 aliphatic rings. The molecule has 1 aliphatic heterocycles. The van der Waals surface area contributed by atoms with Gasteiger partial charge in [-0.3, -0.25) is 14.5 Å². The van der Waals surface area contributed by atoms with E-state index >= 15 is 0 Å². The normalized spacial score (nSPS) is 19.8. The molecule has 2 aromatic carbocycles. The highest BCUT2D eigenvalue weighted by atomic mass is 16.2. The van der Waals surface area contributed by atoms with Gasteiger partial charge >= 0.3 is 0 Å². The summed E-state index contributed by atoms with van der Waals surface area (Å²) in [6.07, 6.45) is 1.04. The Morgan fingerprint density at radius 3 is 2.71 bits per heavy atom. The Kier molecular flexibility index (Phi) is 5.01. The van der Waals surface area contributed by atoms with Gasteiger partial charge in [-0.15, -0.1) is 0 Å². The van der Waals surface area contributed by atoms with Crippen LogP contribution in [0.5, 0.6) is 0 Å². The summed E-state index contributed by atoms with van der Waals surface area (Å²) in [5.74, 6) is -0.231. The molecule has 144 valence electrons.